The van der Waals surface area contributed by atoms with Gasteiger partial charge < -0.3 is 25.4 Å². The fourth-order valence-corrected chi connectivity index (χ4v) is 4.79. The summed E-state index contributed by atoms with van der Waals surface area (Å²) in [7, 11) is 7.79. The lowest BCUT2D eigenvalue weighted by atomic mass is 10.0. The van der Waals surface area contributed by atoms with Gasteiger partial charge in [-0.25, -0.2) is 18.7 Å². The summed E-state index contributed by atoms with van der Waals surface area (Å²) in [5.41, 5.74) is 5.29. The van der Waals surface area contributed by atoms with Crippen LogP contribution in [-0.2, 0) is 0 Å². The molecule has 0 radical (unpaired) electrons. The number of halogens is 2. The van der Waals surface area contributed by atoms with Crippen molar-refractivity contribution in [2.24, 2.45) is 0 Å². The van der Waals surface area contributed by atoms with Crippen LogP contribution in [0, 0.1) is 11.6 Å². The number of nitrogens with one attached hydrogen (secondary N) is 4. The predicted octanol–water partition coefficient (Wildman–Crippen LogP) is 4.72. The van der Waals surface area contributed by atoms with E-state index in [0.717, 1.165) is 12.2 Å². The van der Waals surface area contributed by atoms with Crippen LogP contribution in [0.3, 0.4) is 0 Å². The van der Waals surface area contributed by atoms with Crippen LogP contribution in [0.25, 0.3) is 50.4 Å². The molecule has 0 saturated heterocycles. The van der Waals surface area contributed by atoms with E-state index in [9.17, 15) is 4.39 Å². The molecule has 0 unspecified atom stereocenters. The average molecular weight is 569 g/mol. The van der Waals surface area contributed by atoms with Gasteiger partial charge in [-0.2, -0.15) is 5.10 Å². The van der Waals surface area contributed by atoms with Crippen LogP contribution in [-0.4, -0.2) is 81.2 Å². The Hall–Kier alpha value is -5.10. The van der Waals surface area contributed by atoms with Crippen molar-refractivity contribution < 1.29 is 8.78 Å². The average Bonchev–Trinajstić information content (AvgIpc) is 3.50. The third-order valence-electron chi connectivity index (χ3n) is 6.94. The van der Waals surface area contributed by atoms with Crippen molar-refractivity contribution >= 4 is 33.3 Å². The number of anilines is 1. The van der Waals surface area contributed by atoms with E-state index in [0.29, 0.717) is 57.2 Å². The fourth-order valence-electron chi connectivity index (χ4n) is 4.79. The molecule has 0 saturated carbocycles. The smallest absolute Gasteiger partial charge is 0.184 e. The van der Waals surface area contributed by atoms with E-state index in [2.05, 4.69) is 35.8 Å². The van der Waals surface area contributed by atoms with E-state index < -0.39 is 11.6 Å². The largest absolute Gasteiger partial charge is 0.384 e. The van der Waals surface area contributed by atoms with Crippen LogP contribution in [0.1, 0.15) is 5.56 Å². The van der Waals surface area contributed by atoms with Gasteiger partial charge in [0.15, 0.2) is 11.5 Å². The number of hydrogen-bond donors (Lipinski definition) is 4. The molecule has 42 heavy (non-hydrogen) atoms. The van der Waals surface area contributed by atoms with Gasteiger partial charge in [-0.05, 0) is 50.5 Å². The fraction of sp³-hybridized carbons (Fsp3) is 0.200. The molecule has 6 rings (SSSR count). The highest BCUT2D eigenvalue weighted by atomic mass is 19.1. The van der Waals surface area contributed by atoms with Crippen molar-refractivity contribution in [1.29, 1.82) is 0 Å². The van der Waals surface area contributed by atoms with Gasteiger partial charge in [0.05, 0.1) is 16.6 Å². The molecule has 5 heterocycles. The minimum Gasteiger partial charge on any atom is -0.384 e. The summed E-state index contributed by atoms with van der Waals surface area (Å²) in [5, 5.41) is 13.7. The van der Waals surface area contributed by atoms with Gasteiger partial charge in [0.25, 0.3) is 0 Å². The Labute approximate surface area is 240 Å². The SMILES string of the molecule is CN(C)CCNc1cc(F)cc(-c2nccc3[nH]c(-c4[nH]nc5ncc(C6=CNC=CC(N(C)C)=C6)c(F)c45)nc23)c1. The summed E-state index contributed by atoms with van der Waals surface area (Å²) in [5.74, 6) is -0.511. The monoisotopic (exact) mass is 568 g/mol. The molecule has 0 bridgehead atoms. The third-order valence-corrected chi connectivity index (χ3v) is 6.94. The van der Waals surface area contributed by atoms with Gasteiger partial charge >= 0.3 is 0 Å². The van der Waals surface area contributed by atoms with E-state index >= 15 is 4.39 Å². The summed E-state index contributed by atoms with van der Waals surface area (Å²) >= 11 is 0. The Balaban J connectivity index is 1.42. The molecule has 1 aliphatic rings. The molecule has 214 valence electrons. The summed E-state index contributed by atoms with van der Waals surface area (Å²) in [6.07, 6.45) is 10.4. The van der Waals surface area contributed by atoms with Crippen LogP contribution in [0.15, 0.2) is 66.9 Å². The molecule has 0 aliphatic carbocycles. The molecule has 0 fully saturated rings. The Morgan fingerprint density at radius 3 is 2.71 bits per heavy atom. The van der Waals surface area contributed by atoms with Gasteiger partial charge in [-0.1, -0.05) is 0 Å². The number of benzene rings is 1. The first kappa shape index (κ1) is 27.1. The molecule has 0 amide bonds. The number of fused-ring (bicyclic) bond motifs is 2. The van der Waals surface area contributed by atoms with Crippen molar-refractivity contribution in [3.05, 3.63) is 84.1 Å². The standard InChI is InChI=1S/C30H30F2N10/c1-41(2)10-9-34-20-12-17(11-19(31)14-20)26-27-23(6-8-35-26)37-30(38-27)28-24-25(32)22(16-36-29(24)40-39-28)18-13-21(42(3)4)5-7-33-15-18/h5-8,11-16,33-34H,9-10H2,1-4H3,(H,37,38)(H,36,39,40). The topological polar surface area (TPSA) is 114 Å². The number of likely N-dealkylation sites (N-methyl/N-ethyl adjacent to an activating group) is 2. The van der Waals surface area contributed by atoms with Crippen molar-refractivity contribution in [2.45, 2.75) is 0 Å². The van der Waals surface area contributed by atoms with E-state index in [-0.39, 0.29) is 11.0 Å². The Kier molecular flexibility index (Phi) is 7.13. The van der Waals surface area contributed by atoms with Gasteiger partial charge in [0.1, 0.15) is 22.8 Å². The van der Waals surface area contributed by atoms with Crippen LogP contribution in [0.5, 0.6) is 0 Å². The molecule has 0 atom stereocenters. The Morgan fingerprint density at radius 1 is 1.05 bits per heavy atom. The number of aromatic nitrogens is 6. The van der Waals surface area contributed by atoms with Gasteiger partial charge in [0.2, 0.25) is 0 Å². The van der Waals surface area contributed by atoms with Crippen LogP contribution >= 0.6 is 0 Å². The van der Waals surface area contributed by atoms with Crippen molar-refractivity contribution in [3.8, 4) is 22.8 Å². The molecule has 10 nitrogen and oxygen atoms in total. The molecule has 4 aromatic heterocycles. The first-order valence-corrected chi connectivity index (χ1v) is 13.4. The minimum absolute atomic E-state index is 0.206. The van der Waals surface area contributed by atoms with Crippen molar-refractivity contribution in [2.75, 3.05) is 46.6 Å². The first-order chi connectivity index (χ1) is 20.3. The molecule has 5 aromatic rings. The first-order valence-electron chi connectivity index (χ1n) is 13.4. The molecule has 4 N–H and O–H groups in total. The second kappa shape index (κ2) is 11.1. The summed E-state index contributed by atoms with van der Waals surface area (Å²) < 4.78 is 30.8. The maximum Gasteiger partial charge on any atom is 0.184 e. The lowest BCUT2D eigenvalue weighted by Crippen LogP contribution is -2.20. The molecular weight excluding hydrogens is 538 g/mol. The quantitative estimate of drug-likeness (QED) is 0.213. The molecule has 12 heteroatoms. The zero-order chi connectivity index (χ0) is 29.4. The predicted molar refractivity (Wildman–Crippen MR) is 161 cm³/mol. The Bertz CT molecular complexity index is 1880. The minimum atomic E-state index is -0.481. The van der Waals surface area contributed by atoms with Crippen LogP contribution in [0.4, 0.5) is 14.5 Å². The lowest BCUT2D eigenvalue weighted by molar-refractivity contribution is 0.425. The van der Waals surface area contributed by atoms with Crippen molar-refractivity contribution in [1.82, 2.24) is 45.2 Å². The maximum absolute atomic E-state index is 16.2. The number of allylic oxidation sites excluding steroid dienone is 3. The summed E-state index contributed by atoms with van der Waals surface area (Å²) in [6.45, 7) is 1.45. The number of H-pyrrole nitrogens is 2. The number of rotatable bonds is 8. The van der Waals surface area contributed by atoms with Gasteiger partial charge in [-0.3, -0.25) is 10.1 Å². The number of imidazole rings is 1. The molecule has 1 aromatic carbocycles. The second-order valence-electron chi connectivity index (χ2n) is 10.4. The van der Waals surface area contributed by atoms with Gasteiger partial charge in [0, 0.05) is 80.1 Å². The van der Waals surface area contributed by atoms with Crippen LogP contribution in [0.2, 0.25) is 0 Å². The van der Waals surface area contributed by atoms with E-state index in [1.54, 1.807) is 24.7 Å². The van der Waals surface area contributed by atoms with E-state index in [4.69, 9.17) is 4.98 Å². The zero-order valence-corrected chi connectivity index (χ0v) is 23.6. The highest BCUT2D eigenvalue weighted by Gasteiger charge is 2.22. The van der Waals surface area contributed by atoms with Gasteiger partial charge in [-0.15, -0.1) is 0 Å². The number of nitrogens with zero attached hydrogens (tertiary/aromatic N) is 6. The zero-order valence-electron chi connectivity index (χ0n) is 23.6. The van der Waals surface area contributed by atoms with Crippen LogP contribution < -0.4 is 10.6 Å². The Morgan fingerprint density at radius 2 is 1.90 bits per heavy atom. The molecular formula is C30H30F2N10. The van der Waals surface area contributed by atoms with E-state index in [1.165, 1.54) is 18.3 Å². The number of pyridine rings is 2. The lowest BCUT2D eigenvalue weighted by Gasteiger charge is -2.13. The highest BCUT2D eigenvalue weighted by Crippen LogP contribution is 2.34. The second-order valence-corrected chi connectivity index (χ2v) is 10.4. The molecule has 0 spiro atoms. The number of aromatic amines is 2. The molecule has 1 aliphatic heterocycles. The van der Waals surface area contributed by atoms with E-state index in [1.807, 2.05) is 56.2 Å². The normalized spacial score (nSPS) is 13.3. The van der Waals surface area contributed by atoms with Crippen molar-refractivity contribution in [3.63, 3.8) is 0 Å². The third kappa shape index (κ3) is 5.19. The maximum atomic E-state index is 16.2. The highest BCUT2D eigenvalue weighted by molar-refractivity contribution is 5.96. The number of hydrogen-bond acceptors (Lipinski definition) is 8. The summed E-state index contributed by atoms with van der Waals surface area (Å²) in [4.78, 5) is 20.9. The summed E-state index contributed by atoms with van der Waals surface area (Å²) in [6, 6.07) is 6.49.